The smallest absolute Gasteiger partial charge is 0.325 e. The van der Waals surface area contributed by atoms with Gasteiger partial charge in [-0.25, -0.2) is 4.79 Å². The first kappa shape index (κ1) is 20.1. The van der Waals surface area contributed by atoms with Crippen LogP contribution in [0.25, 0.3) is 0 Å². The quantitative estimate of drug-likeness (QED) is 0.749. The number of nitrogens with one attached hydrogen (secondary N) is 2. The molecule has 0 bridgehead atoms. The number of rotatable bonds is 5. The normalized spacial score (nSPS) is 21.3. The third-order valence-electron chi connectivity index (χ3n) is 6.18. The minimum atomic E-state index is -1.05. The van der Waals surface area contributed by atoms with Crippen LogP contribution in [0, 0.1) is 6.92 Å². The molecule has 4 rings (SSSR count). The molecule has 2 aromatic carbocycles. The van der Waals surface area contributed by atoms with Crippen molar-refractivity contribution in [2.75, 3.05) is 6.54 Å². The molecular weight excluding hydrogens is 378 g/mol. The maximum Gasteiger partial charge on any atom is 0.325 e. The molecule has 1 aliphatic heterocycles. The van der Waals surface area contributed by atoms with Crippen molar-refractivity contribution in [3.63, 3.8) is 0 Å². The molecule has 6 heteroatoms. The summed E-state index contributed by atoms with van der Waals surface area (Å²) < 4.78 is 0. The lowest BCUT2D eigenvalue weighted by molar-refractivity contribution is -0.135. The molecule has 1 saturated heterocycles. The number of urea groups is 1. The Labute approximate surface area is 176 Å². The van der Waals surface area contributed by atoms with Gasteiger partial charge in [0.15, 0.2) is 0 Å². The average Bonchev–Trinajstić information content (AvgIpc) is 2.98. The van der Waals surface area contributed by atoms with Gasteiger partial charge in [-0.05, 0) is 49.3 Å². The van der Waals surface area contributed by atoms with Gasteiger partial charge in [0.05, 0.1) is 6.04 Å². The molecule has 30 heavy (non-hydrogen) atoms. The van der Waals surface area contributed by atoms with Crippen molar-refractivity contribution in [1.82, 2.24) is 15.5 Å². The Morgan fingerprint density at radius 3 is 2.63 bits per heavy atom. The summed E-state index contributed by atoms with van der Waals surface area (Å²) in [6.45, 7) is 3.73. The Hall–Kier alpha value is -3.15. The molecule has 156 valence electrons. The standard InChI is InChI=1S/C24H27N3O3/c1-3-20(18-12-10-16(2)11-13-18)25-21(28)15-27-22(29)24(26-23(27)30)14-6-8-17-7-4-5-9-19(17)24/h4-5,7,9-13,20H,3,6,8,14-15H2,1-2H3,(H,25,28)(H,26,30)/t20-,24-/m1/s1. The number of amides is 4. The van der Waals surface area contributed by atoms with E-state index < -0.39 is 11.6 Å². The Morgan fingerprint density at radius 2 is 1.90 bits per heavy atom. The molecule has 4 amide bonds. The highest BCUT2D eigenvalue weighted by Crippen LogP contribution is 2.39. The van der Waals surface area contributed by atoms with Crippen molar-refractivity contribution >= 4 is 17.8 Å². The van der Waals surface area contributed by atoms with Gasteiger partial charge in [-0.15, -0.1) is 0 Å². The van der Waals surface area contributed by atoms with Gasteiger partial charge < -0.3 is 10.6 Å². The van der Waals surface area contributed by atoms with E-state index in [-0.39, 0.29) is 24.4 Å². The molecule has 1 spiro atoms. The van der Waals surface area contributed by atoms with Crippen LogP contribution in [0.4, 0.5) is 4.79 Å². The summed E-state index contributed by atoms with van der Waals surface area (Å²) in [7, 11) is 0. The fourth-order valence-corrected chi connectivity index (χ4v) is 4.56. The van der Waals surface area contributed by atoms with Crippen LogP contribution in [0.3, 0.4) is 0 Å². The second-order valence-corrected chi connectivity index (χ2v) is 8.18. The van der Waals surface area contributed by atoms with Gasteiger partial charge in [0.25, 0.3) is 5.91 Å². The summed E-state index contributed by atoms with van der Waals surface area (Å²) in [5.74, 6) is -0.676. The van der Waals surface area contributed by atoms with Gasteiger partial charge in [0.1, 0.15) is 12.1 Å². The summed E-state index contributed by atoms with van der Waals surface area (Å²) in [6.07, 6.45) is 2.96. The molecule has 1 heterocycles. The summed E-state index contributed by atoms with van der Waals surface area (Å²) >= 11 is 0. The van der Waals surface area contributed by atoms with Gasteiger partial charge >= 0.3 is 6.03 Å². The molecule has 2 aromatic rings. The van der Waals surface area contributed by atoms with Crippen molar-refractivity contribution in [1.29, 1.82) is 0 Å². The number of fused-ring (bicyclic) bond motifs is 2. The highest BCUT2D eigenvalue weighted by atomic mass is 16.2. The van der Waals surface area contributed by atoms with Crippen molar-refractivity contribution in [2.24, 2.45) is 0 Å². The molecule has 0 saturated carbocycles. The molecule has 0 aromatic heterocycles. The van der Waals surface area contributed by atoms with E-state index in [0.717, 1.165) is 40.0 Å². The highest BCUT2D eigenvalue weighted by Gasteiger charge is 2.54. The highest BCUT2D eigenvalue weighted by molar-refractivity contribution is 6.09. The van der Waals surface area contributed by atoms with Crippen LogP contribution in [-0.2, 0) is 21.5 Å². The number of hydrogen-bond donors (Lipinski definition) is 2. The van der Waals surface area contributed by atoms with Gasteiger partial charge in [-0.1, -0.05) is 61.0 Å². The first-order chi connectivity index (χ1) is 14.4. The zero-order valence-corrected chi connectivity index (χ0v) is 17.4. The van der Waals surface area contributed by atoms with E-state index in [1.807, 2.05) is 62.4 Å². The molecule has 0 unspecified atom stereocenters. The second-order valence-electron chi connectivity index (χ2n) is 8.18. The Morgan fingerprint density at radius 1 is 1.17 bits per heavy atom. The van der Waals surface area contributed by atoms with E-state index in [1.54, 1.807) is 0 Å². The maximum absolute atomic E-state index is 13.3. The minimum Gasteiger partial charge on any atom is -0.348 e. The van der Waals surface area contributed by atoms with E-state index in [9.17, 15) is 14.4 Å². The molecule has 2 N–H and O–H groups in total. The van der Waals surface area contributed by atoms with E-state index in [4.69, 9.17) is 0 Å². The van der Waals surface area contributed by atoms with E-state index in [0.29, 0.717) is 12.8 Å². The number of aryl methyl sites for hydroxylation is 2. The first-order valence-electron chi connectivity index (χ1n) is 10.5. The van der Waals surface area contributed by atoms with E-state index >= 15 is 0 Å². The fraction of sp³-hybridized carbons (Fsp3) is 0.375. The topological polar surface area (TPSA) is 78.5 Å². The monoisotopic (exact) mass is 405 g/mol. The van der Waals surface area contributed by atoms with Crippen LogP contribution in [0.5, 0.6) is 0 Å². The van der Waals surface area contributed by atoms with Gasteiger partial charge in [-0.2, -0.15) is 0 Å². The van der Waals surface area contributed by atoms with Crippen LogP contribution in [0.1, 0.15) is 54.5 Å². The van der Waals surface area contributed by atoms with Crippen molar-refractivity contribution in [2.45, 2.75) is 51.1 Å². The third kappa shape index (κ3) is 3.47. The number of benzene rings is 2. The molecule has 2 atom stereocenters. The lowest BCUT2D eigenvalue weighted by Gasteiger charge is -2.33. The summed E-state index contributed by atoms with van der Waals surface area (Å²) in [4.78, 5) is 39.8. The van der Waals surface area contributed by atoms with E-state index in [2.05, 4.69) is 10.6 Å². The zero-order valence-electron chi connectivity index (χ0n) is 17.4. The molecule has 1 fully saturated rings. The molecule has 6 nitrogen and oxygen atoms in total. The Kier molecular flexibility index (Phi) is 5.33. The number of nitrogens with zero attached hydrogens (tertiary/aromatic N) is 1. The van der Waals surface area contributed by atoms with Crippen LogP contribution < -0.4 is 10.6 Å². The summed E-state index contributed by atoms with van der Waals surface area (Å²) in [5.41, 5.74) is 3.04. The lowest BCUT2D eigenvalue weighted by Crippen LogP contribution is -2.47. The number of carbonyl (C=O) groups is 3. The van der Waals surface area contributed by atoms with Crippen LogP contribution in [-0.4, -0.2) is 29.3 Å². The van der Waals surface area contributed by atoms with Gasteiger partial charge in [0.2, 0.25) is 5.91 Å². The molecule has 0 radical (unpaired) electrons. The second kappa shape index (κ2) is 7.94. The number of imide groups is 1. The van der Waals surface area contributed by atoms with Crippen LogP contribution >= 0.6 is 0 Å². The molecule has 1 aliphatic carbocycles. The van der Waals surface area contributed by atoms with Crippen LogP contribution in [0.2, 0.25) is 0 Å². The molecule has 2 aliphatic rings. The number of hydrogen-bond acceptors (Lipinski definition) is 3. The lowest BCUT2D eigenvalue weighted by atomic mass is 9.76. The largest absolute Gasteiger partial charge is 0.348 e. The minimum absolute atomic E-state index is 0.164. The van der Waals surface area contributed by atoms with Crippen molar-refractivity contribution in [3.8, 4) is 0 Å². The van der Waals surface area contributed by atoms with E-state index in [1.165, 1.54) is 0 Å². The SMILES string of the molecule is CC[C@@H](NC(=O)CN1C(=O)N[C@@]2(CCCc3ccccc32)C1=O)c1ccc(C)cc1. The van der Waals surface area contributed by atoms with Crippen LogP contribution in [0.15, 0.2) is 48.5 Å². The van der Waals surface area contributed by atoms with Crippen molar-refractivity contribution < 1.29 is 14.4 Å². The molecular formula is C24H27N3O3. The maximum atomic E-state index is 13.3. The third-order valence-corrected chi connectivity index (χ3v) is 6.18. The zero-order chi connectivity index (χ0) is 21.3. The number of carbonyl (C=O) groups excluding carboxylic acids is 3. The van der Waals surface area contributed by atoms with Crippen molar-refractivity contribution in [3.05, 3.63) is 70.8 Å². The predicted octanol–water partition coefficient (Wildman–Crippen LogP) is 3.35. The Bertz CT molecular complexity index is 985. The summed E-state index contributed by atoms with van der Waals surface area (Å²) in [6, 6.07) is 15.1. The van der Waals surface area contributed by atoms with Gasteiger partial charge in [0, 0.05) is 0 Å². The predicted molar refractivity (Wildman–Crippen MR) is 114 cm³/mol. The fourth-order valence-electron chi connectivity index (χ4n) is 4.56. The summed E-state index contributed by atoms with van der Waals surface area (Å²) in [5, 5.41) is 5.86. The Balaban J connectivity index is 1.50. The van der Waals surface area contributed by atoms with Gasteiger partial charge in [-0.3, -0.25) is 14.5 Å². The average molecular weight is 405 g/mol. The first-order valence-corrected chi connectivity index (χ1v) is 10.5.